The third-order valence-electron chi connectivity index (χ3n) is 4.80. The van der Waals surface area contributed by atoms with Gasteiger partial charge in [0.1, 0.15) is 11.3 Å². The molecule has 0 aliphatic rings. The maximum Gasteiger partial charge on any atom is 0.173 e. The third kappa shape index (κ3) is 3.22. The van der Waals surface area contributed by atoms with Crippen LogP contribution in [0.2, 0.25) is 0 Å². The summed E-state index contributed by atoms with van der Waals surface area (Å²) in [4.78, 5) is 14.0. The Morgan fingerprint density at radius 3 is 2.87 bits per heavy atom. The number of fused-ring (bicyclic) bond motifs is 2. The van der Waals surface area contributed by atoms with E-state index >= 15 is 0 Å². The molecule has 150 valence electrons. The topological polar surface area (TPSA) is 77.2 Å². The Morgan fingerprint density at radius 1 is 1.17 bits per heavy atom. The first-order chi connectivity index (χ1) is 14.6. The van der Waals surface area contributed by atoms with Crippen molar-refractivity contribution in [3.63, 3.8) is 0 Å². The number of nitrogens with zero attached hydrogens (tertiary/aromatic N) is 5. The predicted octanol–water partition coefficient (Wildman–Crippen LogP) is 4.47. The molecular formula is C21H17FN6OS. The molecule has 1 N–H and O–H groups in total. The van der Waals surface area contributed by atoms with E-state index in [0.717, 1.165) is 38.5 Å². The molecule has 7 nitrogen and oxygen atoms in total. The maximum atomic E-state index is 14.6. The average molecular weight is 420 g/mol. The van der Waals surface area contributed by atoms with Crippen molar-refractivity contribution in [3.05, 3.63) is 66.3 Å². The molecule has 0 fully saturated rings. The van der Waals surface area contributed by atoms with Crippen molar-refractivity contribution in [3.8, 4) is 16.2 Å². The molecule has 0 unspecified atom stereocenters. The zero-order chi connectivity index (χ0) is 20.7. The summed E-state index contributed by atoms with van der Waals surface area (Å²) in [6.45, 7) is 2.36. The van der Waals surface area contributed by atoms with Crippen molar-refractivity contribution < 1.29 is 9.13 Å². The van der Waals surface area contributed by atoms with Crippen molar-refractivity contribution >= 4 is 33.9 Å². The number of ether oxygens (including phenoxy) is 1. The highest BCUT2D eigenvalue weighted by atomic mass is 32.1. The van der Waals surface area contributed by atoms with Gasteiger partial charge in [-0.2, -0.15) is 4.37 Å². The number of halogens is 1. The van der Waals surface area contributed by atoms with Gasteiger partial charge in [0.15, 0.2) is 11.5 Å². The van der Waals surface area contributed by atoms with E-state index in [1.165, 1.54) is 17.6 Å². The van der Waals surface area contributed by atoms with Crippen LogP contribution in [0, 0.1) is 12.7 Å². The van der Waals surface area contributed by atoms with Crippen LogP contribution in [0.5, 0.6) is 5.75 Å². The first kappa shape index (κ1) is 18.4. The monoisotopic (exact) mass is 420 g/mol. The molecule has 0 atom stereocenters. The van der Waals surface area contributed by atoms with Crippen LogP contribution >= 0.6 is 11.5 Å². The van der Waals surface area contributed by atoms with Crippen LogP contribution in [0.25, 0.3) is 27.1 Å². The molecule has 0 spiro atoms. The zero-order valence-corrected chi connectivity index (χ0v) is 17.1. The Hall–Kier alpha value is -3.59. The average Bonchev–Trinajstić information content (AvgIpc) is 3.38. The molecule has 0 bridgehead atoms. The Kier molecular flexibility index (Phi) is 4.51. The zero-order valence-electron chi connectivity index (χ0n) is 16.3. The predicted molar refractivity (Wildman–Crippen MR) is 114 cm³/mol. The number of pyridine rings is 3. The standard InChI is InChI=1S/C21H17FN6OS/c1-12-5-19(30-27-12)13-6-16(22)21-26-9-14(28(21)11-13)8-24-17-3-4-23-18-7-15(29-2)10-25-20(17)18/h3-7,9-11H,8H2,1-2H3,(H,23,24). The number of anilines is 1. The third-order valence-corrected chi connectivity index (χ3v) is 5.73. The minimum absolute atomic E-state index is 0.291. The first-order valence-electron chi connectivity index (χ1n) is 9.24. The number of hydrogen-bond acceptors (Lipinski definition) is 7. The Bertz CT molecular complexity index is 1380. The van der Waals surface area contributed by atoms with Gasteiger partial charge in [0.05, 0.1) is 53.5 Å². The molecule has 0 saturated carbocycles. The van der Waals surface area contributed by atoms with E-state index in [1.807, 2.05) is 31.3 Å². The number of hydrogen-bond donors (Lipinski definition) is 1. The number of aryl methyl sites for hydroxylation is 1. The van der Waals surface area contributed by atoms with E-state index in [-0.39, 0.29) is 5.82 Å². The minimum Gasteiger partial charge on any atom is -0.495 e. The van der Waals surface area contributed by atoms with E-state index in [9.17, 15) is 4.39 Å². The molecule has 5 heterocycles. The number of nitrogens with one attached hydrogen (secondary N) is 1. The van der Waals surface area contributed by atoms with Gasteiger partial charge in [0.2, 0.25) is 0 Å². The summed E-state index contributed by atoms with van der Waals surface area (Å²) < 4.78 is 25.9. The lowest BCUT2D eigenvalue weighted by atomic mass is 10.2. The molecule has 0 radical (unpaired) electrons. The molecular weight excluding hydrogens is 403 g/mol. The normalized spacial score (nSPS) is 11.3. The van der Waals surface area contributed by atoms with Gasteiger partial charge in [-0.05, 0) is 36.7 Å². The summed E-state index contributed by atoms with van der Waals surface area (Å²) in [6, 6.07) is 7.14. The molecule has 5 aromatic heterocycles. The van der Waals surface area contributed by atoms with E-state index in [2.05, 4.69) is 24.6 Å². The van der Waals surface area contributed by atoms with E-state index in [0.29, 0.717) is 17.9 Å². The van der Waals surface area contributed by atoms with Gasteiger partial charge in [-0.15, -0.1) is 0 Å². The van der Waals surface area contributed by atoms with Gasteiger partial charge in [0.25, 0.3) is 0 Å². The molecule has 0 saturated heterocycles. The minimum atomic E-state index is -0.368. The van der Waals surface area contributed by atoms with Crippen molar-refractivity contribution in [2.45, 2.75) is 13.5 Å². The lowest BCUT2D eigenvalue weighted by Gasteiger charge is -2.10. The lowest BCUT2D eigenvalue weighted by Crippen LogP contribution is -2.04. The lowest BCUT2D eigenvalue weighted by molar-refractivity contribution is 0.413. The SMILES string of the molecule is COc1cnc2c(NCc3cnc4c(F)cc(-c5cc(C)ns5)cn34)ccnc2c1. The number of imidazole rings is 1. The summed E-state index contributed by atoms with van der Waals surface area (Å²) in [7, 11) is 1.59. The Balaban J connectivity index is 1.49. The fourth-order valence-electron chi connectivity index (χ4n) is 3.31. The molecule has 0 aliphatic carbocycles. The molecule has 0 aliphatic heterocycles. The highest BCUT2D eigenvalue weighted by Gasteiger charge is 2.13. The summed E-state index contributed by atoms with van der Waals surface area (Å²) in [5.41, 5.74) is 5.09. The number of methoxy groups -OCH3 is 1. The van der Waals surface area contributed by atoms with Crippen LogP contribution in [0.4, 0.5) is 10.1 Å². The molecule has 5 aromatic rings. The van der Waals surface area contributed by atoms with Crippen LogP contribution in [0.15, 0.2) is 49.1 Å². The number of rotatable bonds is 5. The highest BCUT2D eigenvalue weighted by molar-refractivity contribution is 7.09. The van der Waals surface area contributed by atoms with Crippen LogP contribution in [-0.4, -0.2) is 30.8 Å². The van der Waals surface area contributed by atoms with Gasteiger partial charge >= 0.3 is 0 Å². The van der Waals surface area contributed by atoms with Crippen molar-refractivity contribution in [2.75, 3.05) is 12.4 Å². The second-order valence-corrected chi connectivity index (χ2v) is 7.61. The van der Waals surface area contributed by atoms with E-state index in [1.54, 1.807) is 30.1 Å². The number of aromatic nitrogens is 5. The smallest absolute Gasteiger partial charge is 0.173 e. The van der Waals surface area contributed by atoms with Gasteiger partial charge in [-0.3, -0.25) is 9.38 Å². The van der Waals surface area contributed by atoms with Crippen molar-refractivity contribution in [1.29, 1.82) is 0 Å². The molecule has 0 aromatic carbocycles. The quantitative estimate of drug-likeness (QED) is 0.452. The second-order valence-electron chi connectivity index (χ2n) is 6.81. The Labute approximate surface area is 175 Å². The van der Waals surface area contributed by atoms with Gasteiger partial charge in [-0.1, -0.05) is 0 Å². The summed E-state index contributed by atoms with van der Waals surface area (Å²) in [6.07, 6.45) is 6.93. The first-order valence-corrected chi connectivity index (χ1v) is 10.0. The largest absolute Gasteiger partial charge is 0.495 e. The van der Waals surface area contributed by atoms with Crippen LogP contribution in [0.3, 0.4) is 0 Å². The van der Waals surface area contributed by atoms with Crippen LogP contribution in [-0.2, 0) is 6.54 Å². The van der Waals surface area contributed by atoms with Gasteiger partial charge in [0, 0.05) is 24.0 Å². The Morgan fingerprint density at radius 2 is 2.07 bits per heavy atom. The van der Waals surface area contributed by atoms with Gasteiger partial charge < -0.3 is 10.1 Å². The highest BCUT2D eigenvalue weighted by Crippen LogP contribution is 2.28. The fourth-order valence-corrected chi connectivity index (χ4v) is 4.05. The molecule has 30 heavy (non-hydrogen) atoms. The van der Waals surface area contributed by atoms with Crippen LogP contribution < -0.4 is 10.1 Å². The van der Waals surface area contributed by atoms with Gasteiger partial charge in [-0.25, -0.2) is 14.4 Å². The fraction of sp³-hybridized carbons (Fsp3) is 0.143. The maximum absolute atomic E-state index is 14.6. The van der Waals surface area contributed by atoms with E-state index in [4.69, 9.17) is 4.74 Å². The van der Waals surface area contributed by atoms with Crippen LogP contribution in [0.1, 0.15) is 11.4 Å². The summed E-state index contributed by atoms with van der Waals surface area (Å²) >= 11 is 1.35. The van der Waals surface area contributed by atoms with Crippen molar-refractivity contribution in [1.82, 2.24) is 23.7 Å². The molecule has 5 rings (SSSR count). The summed E-state index contributed by atoms with van der Waals surface area (Å²) in [5.74, 6) is 0.281. The second kappa shape index (κ2) is 7.34. The van der Waals surface area contributed by atoms with Crippen molar-refractivity contribution in [2.24, 2.45) is 0 Å². The molecule has 9 heteroatoms. The van der Waals surface area contributed by atoms with E-state index < -0.39 is 0 Å². The summed E-state index contributed by atoms with van der Waals surface area (Å²) in [5, 5.41) is 3.37. The molecule has 0 amide bonds.